The van der Waals surface area contributed by atoms with Crippen molar-refractivity contribution in [2.24, 2.45) is 7.05 Å². The molecular formula is C10H12BrN5. The molecule has 1 N–H and O–H groups in total. The average Bonchev–Trinajstić information content (AvgIpc) is 2.63. The van der Waals surface area contributed by atoms with Gasteiger partial charge < -0.3 is 5.32 Å². The van der Waals surface area contributed by atoms with Crippen LogP contribution in [0.3, 0.4) is 0 Å². The quantitative estimate of drug-likeness (QED) is 0.921. The van der Waals surface area contributed by atoms with Gasteiger partial charge in [-0.15, -0.1) is 5.10 Å². The van der Waals surface area contributed by atoms with Gasteiger partial charge in [0.1, 0.15) is 0 Å². The monoisotopic (exact) mass is 281 g/mol. The van der Waals surface area contributed by atoms with Crippen LogP contribution in [0.5, 0.6) is 0 Å². The molecule has 2 aromatic rings. The summed E-state index contributed by atoms with van der Waals surface area (Å²) in [5.41, 5.74) is 2.12. The molecule has 2 rings (SSSR count). The van der Waals surface area contributed by atoms with Crippen LogP contribution in [-0.2, 0) is 7.05 Å². The summed E-state index contributed by atoms with van der Waals surface area (Å²) in [6.07, 6.45) is 3.55. The normalized spacial score (nSPS) is 12.7. The molecule has 0 bridgehead atoms. The zero-order chi connectivity index (χ0) is 11.5. The van der Waals surface area contributed by atoms with E-state index in [1.165, 1.54) is 0 Å². The number of pyridine rings is 1. The second-order valence-corrected chi connectivity index (χ2v) is 4.14. The van der Waals surface area contributed by atoms with Gasteiger partial charge >= 0.3 is 0 Å². The molecule has 2 heterocycles. The maximum atomic E-state index is 4.01. The molecule has 0 aromatic carbocycles. The predicted molar refractivity (Wildman–Crippen MR) is 63.8 cm³/mol. The fraction of sp³-hybridized carbons (Fsp3) is 0.300. The van der Waals surface area contributed by atoms with E-state index < -0.39 is 0 Å². The Bertz CT molecular complexity index is 448. The highest BCUT2D eigenvalue weighted by Crippen LogP contribution is 2.25. The van der Waals surface area contributed by atoms with Gasteiger partial charge in [0, 0.05) is 19.4 Å². The van der Waals surface area contributed by atoms with E-state index in [1.54, 1.807) is 17.1 Å². The van der Waals surface area contributed by atoms with Crippen LogP contribution < -0.4 is 5.32 Å². The number of nitrogens with one attached hydrogen (secondary N) is 1. The third kappa shape index (κ3) is 1.98. The first-order chi connectivity index (χ1) is 7.74. The maximum absolute atomic E-state index is 4.01. The van der Waals surface area contributed by atoms with Crippen molar-refractivity contribution in [3.05, 3.63) is 40.4 Å². The van der Waals surface area contributed by atoms with Crippen LogP contribution in [0.1, 0.15) is 17.3 Å². The molecule has 1 atom stereocenters. The molecule has 0 radical (unpaired) electrons. The van der Waals surface area contributed by atoms with Crippen molar-refractivity contribution >= 4 is 15.9 Å². The maximum Gasteiger partial charge on any atom is 0.153 e. The molecule has 16 heavy (non-hydrogen) atoms. The lowest BCUT2D eigenvalue weighted by Crippen LogP contribution is -2.21. The van der Waals surface area contributed by atoms with Gasteiger partial charge in [0.15, 0.2) is 4.60 Å². The molecule has 0 fully saturated rings. The van der Waals surface area contributed by atoms with Crippen LogP contribution in [0.25, 0.3) is 0 Å². The van der Waals surface area contributed by atoms with Crippen LogP contribution in [0.2, 0.25) is 0 Å². The minimum absolute atomic E-state index is 0.0531. The van der Waals surface area contributed by atoms with Gasteiger partial charge in [0.2, 0.25) is 0 Å². The van der Waals surface area contributed by atoms with Crippen molar-refractivity contribution in [3.8, 4) is 0 Å². The van der Waals surface area contributed by atoms with E-state index in [-0.39, 0.29) is 6.04 Å². The largest absolute Gasteiger partial charge is 0.308 e. The summed E-state index contributed by atoms with van der Waals surface area (Å²) in [6, 6.07) is 4.00. The van der Waals surface area contributed by atoms with E-state index in [9.17, 15) is 0 Å². The summed E-state index contributed by atoms with van der Waals surface area (Å²) in [5, 5.41) is 11.2. The van der Waals surface area contributed by atoms with Crippen LogP contribution in [-0.4, -0.2) is 27.0 Å². The van der Waals surface area contributed by atoms with Crippen LogP contribution in [0, 0.1) is 0 Å². The molecule has 0 aliphatic carbocycles. The molecule has 84 valence electrons. The summed E-state index contributed by atoms with van der Waals surface area (Å²) in [6.45, 7) is 0. The standard InChI is InChI=1S/C10H12BrN5/c1-12-8(7-3-5-13-6-4-7)9-10(11)14-15-16(9)2/h3-6,8,12H,1-2H3. The van der Waals surface area contributed by atoms with Crippen LogP contribution in [0.4, 0.5) is 0 Å². The molecule has 0 aliphatic rings. The Labute approximate surface area is 102 Å². The van der Waals surface area contributed by atoms with Gasteiger partial charge in [0.25, 0.3) is 0 Å². The lowest BCUT2D eigenvalue weighted by molar-refractivity contribution is 0.596. The molecule has 0 saturated heterocycles. The Morgan fingerprint density at radius 1 is 1.38 bits per heavy atom. The second-order valence-electron chi connectivity index (χ2n) is 3.39. The topological polar surface area (TPSA) is 55.6 Å². The Morgan fingerprint density at radius 2 is 2.06 bits per heavy atom. The fourth-order valence-corrected chi connectivity index (χ4v) is 2.22. The number of halogens is 1. The third-order valence-corrected chi connectivity index (χ3v) is 2.99. The van der Waals surface area contributed by atoms with E-state index in [2.05, 4.69) is 36.5 Å². The summed E-state index contributed by atoms with van der Waals surface area (Å²) < 4.78 is 2.51. The number of nitrogens with zero attached hydrogens (tertiary/aromatic N) is 4. The van der Waals surface area contributed by atoms with Crippen molar-refractivity contribution in [1.29, 1.82) is 0 Å². The van der Waals surface area contributed by atoms with Gasteiger partial charge in [-0.3, -0.25) is 4.98 Å². The zero-order valence-electron chi connectivity index (χ0n) is 9.05. The molecule has 0 amide bonds. The minimum Gasteiger partial charge on any atom is -0.308 e. The number of aryl methyl sites for hydroxylation is 1. The van der Waals surface area contributed by atoms with Crippen LogP contribution >= 0.6 is 15.9 Å². The molecule has 0 saturated carbocycles. The molecule has 0 spiro atoms. The van der Waals surface area contributed by atoms with E-state index in [1.807, 2.05) is 26.2 Å². The van der Waals surface area contributed by atoms with E-state index in [4.69, 9.17) is 0 Å². The molecule has 0 aliphatic heterocycles. The number of aromatic nitrogens is 4. The second kappa shape index (κ2) is 4.71. The molecule has 6 heteroatoms. The SMILES string of the molecule is CNC(c1ccncc1)c1c(Br)nnn1C. The molecule has 5 nitrogen and oxygen atoms in total. The number of rotatable bonds is 3. The minimum atomic E-state index is 0.0531. The average molecular weight is 282 g/mol. The summed E-state index contributed by atoms with van der Waals surface area (Å²) in [5.74, 6) is 0. The van der Waals surface area contributed by atoms with Crippen molar-refractivity contribution in [1.82, 2.24) is 25.3 Å². The van der Waals surface area contributed by atoms with Gasteiger partial charge in [-0.1, -0.05) is 5.21 Å². The van der Waals surface area contributed by atoms with Crippen molar-refractivity contribution in [3.63, 3.8) is 0 Å². The Kier molecular flexibility index (Phi) is 3.31. The number of hydrogen-bond donors (Lipinski definition) is 1. The first-order valence-electron chi connectivity index (χ1n) is 4.86. The van der Waals surface area contributed by atoms with Gasteiger partial charge in [-0.2, -0.15) is 0 Å². The van der Waals surface area contributed by atoms with Gasteiger partial charge in [-0.25, -0.2) is 4.68 Å². The Morgan fingerprint density at radius 3 is 2.56 bits per heavy atom. The number of hydrogen-bond acceptors (Lipinski definition) is 4. The summed E-state index contributed by atoms with van der Waals surface area (Å²) >= 11 is 3.41. The first kappa shape index (κ1) is 11.2. The van der Waals surface area contributed by atoms with Crippen molar-refractivity contribution in [2.45, 2.75) is 6.04 Å². The zero-order valence-corrected chi connectivity index (χ0v) is 10.6. The van der Waals surface area contributed by atoms with Crippen LogP contribution in [0.15, 0.2) is 29.1 Å². The highest BCUT2D eigenvalue weighted by atomic mass is 79.9. The lowest BCUT2D eigenvalue weighted by Gasteiger charge is -2.16. The molecule has 2 aromatic heterocycles. The van der Waals surface area contributed by atoms with E-state index in [0.29, 0.717) is 0 Å². The van der Waals surface area contributed by atoms with Gasteiger partial charge in [0.05, 0.1) is 11.7 Å². The van der Waals surface area contributed by atoms with Gasteiger partial charge in [-0.05, 0) is 40.7 Å². The summed E-state index contributed by atoms with van der Waals surface area (Å²) in [7, 11) is 3.78. The first-order valence-corrected chi connectivity index (χ1v) is 5.65. The lowest BCUT2D eigenvalue weighted by atomic mass is 10.1. The predicted octanol–water partition coefficient (Wildman–Crippen LogP) is 1.28. The fourth-order valence-electron chi connectivity index (χ4n) is 1.66. The molecular weight excluding hydrogens is 270 g/mol. The molecule has 1 unspecified atom stereocenters. The smallest absolute Gasteiger partial charge is 0.153 e. The highest BCUT2D eigenvalue weighted by Gasteiger charge is 2.19. The van der Waals surface area contributed by atoms with E-state index >= 15 is 0 Å². The van der Waals surface area contributed by atoms with E-state index in [0.717, 1.165) is 15.9 Å². The highest BCUT2D eigenvalue weighted by molar-refractivity contribution is 9.10. The van der Waals surface area contributed by atoms with Crippen molar-refractivity contribution in [2.75, 3.05) is 7.05 Å². The Hall–Kier alpha value is -1.27. The summed E-state index contributed by atoms with van der Waals surface area (Å²) in [4.78, 5) is 4.01. The third-order valence-electron chi connectivity index (χ3n) is 2.43. The Balaban J connectivity index is 2.45. The van der Waals surface area contributed by atoms with Crippen molar-refractivity contribution < 1.29 is 0 Å².